The molecular formula is C20H17ClN2O2S2. The Morgan fingerprint density at radius 3 is 2.00 bits per heavy atom. The molecule has 0 saturated heterocycles. The average Bonchev–Trinajstić information content (AvgIpc) is 2.69. The van der Waals surface area contributed by atoms with Gasteiger partial charge in [0.1, 0.15) is 0 Å². The Morgan fingerprint density at radius 1 is 0.852 bits per heavy atom. The first-order chi connectivity index (χ1) is 13.0. The van der Waals surface area contributed by atoms with Crippen LogP contribution in [-0.4, -0.2) is 13.5 Å². The molecule has 1 atom stereocenters. The number of thiocarbonyl (C=S) groups is 1. The molecule has 0 amide bonds. The van der Waals surface area contributed by atoms with Gasteiger partial charge in [-0.2, -0.15) is 0 Å². The SMILES string of the molecule is O=S(=O)(c1ccccc1)C(NC(=S)Nc1ccc(Cl)cc1)c1ccccc1. The van der Waals surface area contributed by atoms with Crippen molar-refractivity contribution in [2.45, 2.75) is 10.3 Å². The zero-order valence-corrected chi connectivity index (χ0v) is 16.6. The molecule has 0 radical (unpaired) electrons. The predicted molar refractivity (Wildman–Crippen MR) is 114 cm³/mol. The lowest BCUT2D eigenvalue weighted by Crippen LogP contribution is -2.36. The second-order valence-electron chi connectivity index (χ2n) is 5.75. The highest BCUT2D eigenvalue weighted by Gasteiger charge is 2.29. The van der Waals surface area contributed by atoms with E-state index < -0.39 is 15.2 Å². The van der Waals surface area contributed by atoms with E-state index in [4.69, 9.17) is 23.8 Å². The summed E-state index contributed by atoms with van der Waals surface area (Å²) in [7, 11) is -3.71. The van der Waals surface area contributed by atoms with Crippen LogP contribution in [0.15, 0.2) is 89.8 Å². The van der Waals surface area contributed by atoms with Crippen molar-refractivity contribution >= 4 is 44.5 Å². The van der Waals surface area contributed by atoms with E-state index in [9.17, 15) is 8.42 Å². The van der Waals surface area contributed by atoms with Crippen LogP contribution in [0.5, 0.6) is 0 Å². The highest BCUT2D eigenvalue weighted by Crippen LogP contribution is 2.27. The molecule has 0 fully saturated rings. The van der Waals surface area contributed by atoms with Crippen molar-refractivity contribution < 1.29 is 8.42 Å². The van der Waals surface area contributed by atoms with Gasteiger partial charge in [-0.15, -0.1) is 0 Å². The van der Waals surface area contributed by atoms with Crippen LogP contribution >= 0.6 is 23.8 Å². The molecule has 0 bridgehead atoms. The van der Waals surface area contributed by atoms with E-state index in [1.807, 2.05) is 6.07 Å². The van der Waals surface area contributed by atoms with Crippen LogP contribution < -0.4 is 10.6 Å². The van der Waals surface area contributed by atoms with Gasteiger partial charge >= 0.3 is 0 Å². The number of nitrogens with one attached hydrogen (secondary N) is 2. The van der Waals surface area contributed by atoms with E-state index in [2.05, 4.69) is 10.6 Å². The van der Waals surface area contributed by atoms with Crippen LogP contribution in [-0.2, 0) is 9.84 Å². The molecule has 3 rings (SSSR count). The molecule has 1 unspecified atom stereocenters. The van der Waals surface area contributed by atoms with E-state index in [-0.39, 0.29) is 10.0 Å². The molecule has 3 aromatic carbocycles. The summed E-state index contributed by atoms with van der Waals surface area (Å²) in [5.41, 5.74) is 1.31. The molecule has 27 heavy (non-hydrogen) atoms. The summed E-state index contributed by atoms with van der Waals surface area (Å²) < 4.78 is 26.4. The number of hydrogen-bond donors (Lipinski definition) is 2. The third-order valence-electron chi connectivity index (χ3n) is 3.85. The van der Waals surface area contributed by atoms with E-state index in [1.165, 1.54) is 0 Å². The zero-order valence-electron chi connectivity index (χ0n) is 14.2. The molecule has 0 saturated carbocycles. The van der Waals surface area contributed by atoms with Gasteiger partial charge in [0.05, 0.1) is 4.90 Å². The van der Waals surface area contributed by atoms with Gasteiger partial charge in [-0.3, -0.25) is 0 Å². The Kier molecular flexibility index (Phi) is 6.11. The summed E-state index contributed by atoms with van der Waals surface area (Å²) in [5.74, 6) is 0. The second-order valence-corrected chi connectivity index (χ2v) is 8.63. The second kappa shape index (κ2) is 8.52. The average molecular weight is 417 g/mol. The number of benzene rings is 3. The lowest BCUT2D eigenvalue weighted by Gasteiger charge is -2.22. The van der Waals surface area contributed by atoms with Crippen LogP contribution in [0.4, 0.5) is 5.69 Å². The Bertz CT molecular complexity index is 1010. The summed E-state index contributed by atoms with van der Waals surface area (Å²) in [5, 5.41) is 5.71. The lowest BCUT2D eigenvalue weighted by molar-refractivity contribution is 0.577. The number of hydrogen-bond acceptors (Lipinski definition) is 3. The van der Waals surface area contributed by atoms with Crippen molar-refractivity contribution in [1.29, 1.82) is 0 Å². The number of halogens is 1. The van der Waals surface area contributed by atoms with Crippen molar-refractivity contribution in [2.75, 3.05) is 5.32 Å². The monoisotopic (exact) mass is 416 g/mol. The molecular weight excluding hydrogens is 400 g/mol. The van der Waals surface area contributed by atoms with E-state index in [0.717, 1.165) is 0 Å². The fraction of sp³-hybridized carbons (Fsp3) is 0.0500. The van der Waals surface area contributed by atoms with Gasteiger partial charge in [0.25, 0.3) is 0 Å². The van der Waals surface area contributed by atoms with Crippen LogP contribution in [0.3, 0.4) is 0 Å². The smallest absolute Gasteiger partial charge is 0.203 e. The Balaban J connectivity index is 1.89. The number of rotatable bonds is 5. The minimum Gasteiger partial charge on any atom is -0.342 e. The van der Waals surface area contributed by atoms with Crippen molar-refractivity contribution in [1.82, 2.24) is 5.32 Å². The summed E-state index contributed by atoms with van der Waals surface area (Å²) in [4.78, 5) is 0.223. The topological polar surface area (TPSA) is 58.2 Å². The maximum absolute atomic E-state index is 13.2. The predicted octanol–water partition coefficient (Wildman–Crippen LogP) is 4.80. The third kappa shape index (κ3) is 4.86. The first-order valence-electron chi connectivity index (χ1n) is 8.14. The molecule has 0 spiro atoms. The van der Waals surface area contributed by atoms with Crippen LogP contribution in [0.1, 0.15) is 10.9 Å². The summed E-state index contributed by atoms with van der Waals surface area (Å²) in [6, 6.07) is 24.2. The molecule has 0 aliphatic heterocycles. The van der Waals surface area contributed by atoms with Crippen molar-refractivity contribution in [2.24, 2.45) is 0 Å². The van der Waals surface area contributed by atoms with Gasteiger partial charge in [0.2, 0.25) is 9.84 Å². The van der Waals surface area contributed by atoms with E-state index in [1.54, 1.807) is 78.9 Å². The van der Waals surface area contributed by atoms with Crippen LogP contribution in [0, 0.1) is 0 Å². The molecule has 2 N–H and O–H groups in total. The fourth-order valence-corrected chi connectivity index (χ4v) is 4.57. The summed E-state index contributed by atoms with van der Waals surface area (Å²) in [6.45, 7) is 0. The third-order valence-corrected chi connectivity index (χ3v) is 6.26. The molecule has 4 nitrogen and oxygen atoms in total. The molecule has 0 aliphatic rings. The lowest BCUT2D eigenvalue weighted by atomic mass is 10.2. The minimum atomic E-state index is -3.71. The maximum Gasteiger partial charge on any atom is 0.203 e. The van der Waals surface area contributed by atoms with Gasteiger partial charge < -0.3 is 10.6 Å². The molecule has 3 aromatic rings. The molecule has 0 heterocycles. The first-order valence-corrected chi connectivity index (χ1v) is 10.5. The van der Waals surface area contributed by atoms with Crippen molar-refractivity contribution in [3.8, 4) is 0 Å². The van der Waals surface area contributed by atoms with Crippen molar-refractivity contribution in [3.05, 3.63) is 95.5 Å². The van der Waals surface area contributed by atoms with Gasteiger partial charge in [-0.1, -0.05) is 60.1 Å². The summed E-state index contributed by atoms with van der Waals surface area (Å²) >= 11 is 11.2. The van der Waals surface area contributed by atoms with Gasteiger partial charge in [-0.05, 0) is 54.2 Å². The highest BCUT2D eigenvalue weighted by molar-refractivity contribution is 7.91. The van der Waals surface area contributed by atoms with Gasteiger partial charge in [0.15, 0.2) is 10.5 Å². The normalized spacial score (nSPS) is 12.2. The van der Waals surface area contributed by atoms with Gasteiger partial charge in [-0.25, -0.2) is 8.42 Å². The quantitative estimate of drug-likeness (QED) is 0.585. The van der Waals surface area contributed by atoms with Crippen LogP contribution in [0.25, 0.3) is 0 Å². The maximum atomic E-state index is 13.2. The van der Waals surface area contributed by atoms with E-state index >= 15 is 0 Å². The minimum absolute atomic E-state index is 0.200. The standard InChI is InChI=1S/C20H17ClN2O2S2/c21-16-11-13-17(14-12-16)22-20(26)23-19(15-7-3-1-4-8-15)27(24,25)18-9-5-2-6-10-18/h1-14,19H,(H2,22,23,26). The molecule has 7 heteroatoms. The number of anilines is 1. The molecule has 0 aliphatic carbocycles. The summed E-state index contributed by atoms with van der Waals surface area (Å²) in [6.07, 6.45) is 0. The van der Waals surface area contributed by atoms with Crippen molar-refractivity contribution in [3.63, 3.8) is 0 Å². The van der Waals surface area contributed by atoms with E-state index in [0.29, 0.717) is 16.3 Å². The number of sulfone groups is 1. The largest absolute Gasteiger partial charge is 0.342 e. The molecule has 0 aromatic heterocycles. The molecule has 138 valence electrons. The Hall–Kier alpha value is -2.41. The Morgan fingerprint density at radius 2 is 1.41 bits per heavy atom. The zero-order chi connectivity index (χ0) is 19.3. The fourth-order valence-electron chi connectivity index (χ4n) is 2.53. The van der Waals surface area contributed by atoms with Crippen LogP contribution in [0.2, 0.25) is 5.02 Å². The first kappa shape index (κ1) is 19.4. The van der Waals surface area contributed by atoms with Gasteiger partial charge in [0, 0.05) is 10.7 Å². The highest BCUT2D eigenvalue weighted by atomic mass is 35.5. The Labute approximate surface area is 169 Å².